The van der Waals surface area contributed by atoms with Gasteiger partial charge in [-0.15, -0.1) is 0 Å². The summed E-state index contributed by atoms with van der Waals surface area (Å²) in [6, 6.07) is 32.8. The van der Waals surface area contributed by atoms with Crippen LogP contribution in [-0.4, -0.2) is 68.3 Å². The number of rotatable bonds is 10. The van der Waals surface area contributed by atoms with E-state index in [1.54, 1.807) is 36.8 Å². The number of alkyl carbamates (subject to hydrolysis) is 1. The summed E-state index contributed by atoms with van der Waals surface area (Å²) in [4.78, 5) is 65.4. The normalized spacial score (nSPS) is 17.7. The lowest BCUT2D eigenvalue weighted by atomic mass is 9.99. The Kier molecular flexibility index (Phi) is 13.0. The summed E-state index contributed by atoms with van der Waals surface area (Å²) in [6.07, 6.45) is 4.14. The molecule has 0 saturated carbocycles. The van der Waals surface area contributed by atoms with E-state index in [0.29, 0.717) is 30.9 Å². The van der Waals surface area contributed by atoms with Crippen molar-refractivity contribution in [2.45, 2.75) is 96.0 Å². The smallest absolute Gasteiger partial charge is 0.408 e. The number of aromatic nitrogens is 2. The van der Waals surface area contributed by atoms with Crippen molar-refractivity contribution in [1.29, 1.82) is 0 Å². The molecule has 0 unspecified atom stereocenters. The van der Waals surface area contributed by atoms with Gasteiger partial charge in [-0.1, -0.05) is 96.8 Å². The first-order valence-corrected chi connectivity index (χ1v) is 21.1. The Morgan fingerprint density at radius 3 is 1.95 bits per heavy atom. The highest BCUT2D eigenvalue weighted by Gasteiger charge is 2.38. The van der Waals surface area contributed by atoms with Crippen molar-refractivity contribution in [3.63, 3.8) is 0 Å². The summed E-state index contributed by atoms with van der Waals surface area (Å²) in [5, 5.41) is 5.94. The van der Waals surface area contributed by atoms with E-state index in [1.165, 1.54) is 0 Å². The Balaban J connectivity index is 0.950. The highest BCUT2D eigenvalue weighted by atomic mass is 16.6. The van der Waals surface area contributed by atoms with E-state index in [1.807, 2.05) is 123 Å². The predicted molar refractivity (Wildman–Crippen MR) is 235 cm³/mol. The lowest BCUT2D eigenvalue weighted by Crippen LogP contribution is -2.47. The molecule has 4 amide bonds. The molecular weight excluding hydrogens is 765 g/mol. The average Bonchev–Trinajstić information content (AvgIpc) is 4.07. The maximum Gasteiger partial charge on any atom is 0.408 e. The van der Waals surface area contributed by atoms with Crippen LogP contribution in [0.15, 0.2) is 115 Å². The summed E-state index contributed by atoms with van der Waals surface area (Å²) in [5.74, 6) is 6.50. The molecule has 61 heavy (non-hydrogen) atoms. The first-order valence-electron chi connectivity index (χ1n) is 21.1. The van der Waals surface area contributed by atoms with Gasteiger partial charge in [0.2, 0.25) is 11.8 Å². The fourth-order valence-corrected chi connectivity index (χ4v) is 8.05. The van der Waals surface area contributed by atoms with Gasteiger partial charge < -0.3 is 30.2 Å². The van der Waals surface area contributed by atoms with Crippen LogP contribution in [0, 0.1) is 11.8 Å². The van der Waals surface area contributed by atoms with Gasteiger partial charge in [0, 0.05) is 24.2 Å². The number of nitrogens with zero attached hydrogens (tertiary/aromatic N) is 3. The van der Waals surface area contributed by atoms with Crippen molar-refractivity contribution >= 4 is 23.8 Å². The molecule has 0 aliphatic carbocycles. The number of ether oxygens (including phenoxy) is 1. The van der Waals surface area contributed by atoms with Crippen molar-refractivity contribution in [2.24, 2.45) is 0 Å². The molecule has 5 atom stereocenters. The maximum absolute atomic E-state index is 14.1. The molecule has 314 valence electrons. The summed E-state index contributed by atoms with van der Waals surface area (Å²) in [6.45, 7) is 10.3. The Morgan fingerprint density at radius 2 is 1.31 bits per heavy atom. The molecule has 1 aromatic heterocycles. The van der Waals surface area contributed by atoms with Crippen LogP contribution in [0.3, 0.4) is 0 Å². The van der Waals surface area contributed by atoms with Gasteiger partial charge in [0.15, 0.2) is 0 Å². The van der Waals surface area contributed by atoms with E-state index in [2.05, 4.69) is 27.5 Å². The van der Waals surface area contributed by atoms with Gasteiger partial charge >= 0.3 is 6.09 Å². The molecule has 0 bridgehead atoms. The molecule has 3 heterocycles. The Labute approximate surface area is 358 Å². The molecule has 11 heteroatoms. The summed E-state index contributed by atoms with van der Waals surface area (Å²) < 4.78 is 5.50. The third kappa shape index (κ3) is 10.4. The molecule has 11 nitrogen and oxygen atoms in total. The summed E-state index contributed by atoms with van der Waals surface area (Å²) in [5.41, 5.74) is 5.33. The largest absolute Gasteiger partial charge is 0.444 e. The summed E-state index contributed by atoms with van der Waals surface area (Å²) >= 11 is 0. The highest BCUT2D eigenvalue weighted by Crippen LogP contribution is 2.34. The molecule has 4 aromatic carbocycles. The first kappa shape index (κ1) is 42.5. The van der Waals surface area contributed by atoms with E-state index < -0.39 is 23.8 Å². The number of hydrogen-bond donors (Lipinski definition) is 3. The lowest BCUT2D eigenvalue weighted by Gasteiger charge is -2.29. The van der Waals surface area contributed by atoms with Gasteiger partial charge in [-0.2, -0.15) is 0 Å². The molecule has 0 spiro atoms. The Bertz CT molecular complexity index is 2380. The van der Waals surface area contributed by atoms with E-state index in [0.717, 1.165) is 52.8 Å². The van der Waals surface area contributed by atoms with Crippen LogP contribution in [0.5, 0.6) is 0 Å². The van der Waals surface area contributed by atoms with Crippen molar-refractivity contribution in [3.05, 3.63) is 149 Å². The number of carbonyl (C=O) groups excluding carboxylic acids is 4. The fraction of sp³-hybridized carbons (Fsp3) is 0.340. The van der Waals surface area contributed by atoms with Crippen LogP contribution in [0.1, 0.15) is 118 Å². The second-order valence-corrected chi connectivity index (χ2v) is 16.9. The number of amides is 4. The van der Waals surface area contributed by atoms with Crippen LogP contribution in [0.4, 0.5) is 4.79 Å². The van der Waals surface area contributed by atoms with Crippen LogP contribution in [-0.2, 0) is 19.1 Å². The molecule has 5 aromatic rings. The fourth-order valence-electron chi connectivity index (χ4n) is 8.05. The van der Waals surface area contributed by atoms with Gasteiger partial charge in [0.05, 0.1) is 29.9 Å². The van der Waals surface area contributed by atoms with Gasteiger partial charge in [-0.3, -0.25) is 14.4 Å². The van der Waals surface area contributed by atoms with Gasteiger partial charge in [-0.25, -0.2) is 9.78 Å². The van der Waals surface area contributed by atoms with E-state index in [4.69, 9.17) is 9.72 Å². The zero-order chi connectivity index (χ0) is 43.1. The number of imidazole rings is 1. The molecule has 0 radical (unpaired) electrons. The minimum absolute atomic E-state index is 0.0177. The zero-order valence-electron chi connectivity index (χ0n) is 35.5. The van der Waals surface area contributed by atoms with Crippen molar-refractivity contribution < 1.29 is 23.9 Å². The number of benzene rings is 4. The number of likely N-dealkylation sites (tertiary alicyclic amines) is 2. The summed E-state index contributed by atoms with van der Waals surface area (Å²) in [7, 11) is 0. The molecular formula is C50H54N6O5. The van der Waals surface area contributed by atoms with Gasteiger partial charge in [0.25, 0.3) is 5.91 Å². The molecule has 2 saturated heterocycles. The monoisotopic (exact) mass is 818 g/mol. The quantitative estimate of drug-likeness (QED) is 0.121. The minimum Gasteiger partial charge on any atom is -0.444 e. The van der Waals surface area contributed by atoms with Gasteiger partial charge in [0.1, 0.15) is 23.5 Å². The van der Waals surface area contributed by atoms with Crippen molar-refractivity contribution in [1.82, 2.24) is 30.4 Å². The topological polar surface area (TPSA) is 137 Å². The van der Waals surface area contributed by atoms with Crippen LogP contribution in [0.25, 0.3) is 11.3 Å². The third-order valence-electron chi connectivity index (χ3n) is 11.3. The SMILES string of the molecule is C[C@H](NC(=O)[C@@H]1CCCN1C(=O)[C@H](C)c1ccccc1)c1ccc(C#Cc2ccc(-c3cnc([C@@H]4CCCN4C(=O)[C@H](NC(=O)OC(C)(C)C)c4ccccc4)[nH]3)cc2)cc1. The second-order valence-electron chi connectivity index (χ2n) is 16.9. The third-order valence-corrected chi connectivity index (χ3v) is 11.3. The van der Waals surface area contributed by atoms with Crippen LogP contribution < -0.4 is 10.6 Å². The van der Waals surface area contributed by atoms with Gasteiger partial charge in [-0.05, 0) is 107 Å². The average molecular weight is 819 g/mol. The molecule has 2 aliphatic rings. The molecule has 2 fully saturated rings. The van der Waals surface area contributed by atoms with E-state index in [9.17, 15) is 19.2 Å². The van der Waals surface area contributed by atoms with E-state index >= 15 is 0 Å². The molecule has 7 rings (SSSR count). The highest BCUT2D eigenvalue weighted by molar-refractivity contribution is 5.91. The maximum atomic E-state index is 14.1. The minimum atomic E-state index is -0.906. The van der Waals surface area contributed by atoms with Crippen molar-refractivity contribution in [2.75, 3.05) is 13.1 Å². The number of nitrogens with one attached hydrogen (secondary N) is 3. The lowest BCUT2D eigenvalue weighted by molar-refractivity contribution is -0.139. The predicted octanol–water partition coefficient (Wildman–Crippen LogP) is 8.38. The second kappa shape index (κ2) is 18.7. The van der Waals surface area contributed by atoms with Crippen molar-refractivity contribution in [3.8, 4) is 23.1 Å². The number of hydrogen-bond acceptors (Lipinski definition) is 6. The van der Waals surface area contributed by atoms with E-state index in [-0.39, 0.29) is 35.7 Å². The molecule has 2 aliphatic heterocycles. The van der Waals surface area contributed by atoms with Crippen LogP contribution >= 0.6 is 0 Å². The standard InChI is InChI=1S/C50H54N6O5/c1-33(37-14-8-6-9-15-37)47(58)56-31-13-19-43(56)46(57)52-34(2)38-26-22-35(23-27-38)20-21-36-24-28-39(29-25-36)41-32-51-45(53-41)42-18-12-30-55(42)48(59)44(40-16-10-7-11-17-40)54-49(60)61-50(3,4)5/h6-11,14-17,22-29,32-34,42-44H,12-13,18-19,30-31H2,1-5H3,(H,51,53)(H,52,57)(H,54,60)/t33-,34+,42+,43+,44-/m1/s1. The first-order chi connectivity index (χ1) is 29.3. The number of H-pyrrole nitrogens is 1. The Morgan fingerprint density at radius 1 is 0.721 bits per heavy atom. The van der Waals surface area contributed by atoms with Crippen LogP contribution in [0.2, 0.25) is 0 Å². The zero-order valence-corrected chi connectivity index (χ0v) is 35.5. The molecule has 3 N–H and O–H groups in total. The number of carbonyl (C=O) groups is 4. The number of aromatic amines is 1. The Hall–Kier alpha value is -6.67.